The maximum absolute atomic E-state index is 12.4. The van der Waals surface area contributed by atoms with E-state index in [0.29, 0.717) is 24.8 Å². The van der Waals surface area contributed by atoms with E-state index in [1.54, 1.807) is 7.11 Å². The largest absolute Gasteiger partial charge is 0.497 e. The highest BCUT2D eigenvalue weighted by Crippen LogP contribution is 2.27. The van der Waals surface area contributed by atoms with E-state index in [0.717, 1.165) is 10.4 Å². The zero-order chi connectivity index (χ0) is 18.8. The fraction of sp³-hybridized carbons (Fsp3) is 0.412. The number of carbonyl (C=O) groups excluding carboxylic acids is 1. The van der Waals surface area contributed by atoms with Crippen LogP contribution in [0.15, 0.2) is 33.9 Å². The van der Waals surface area contributed by atoms with Crippen LogP contribution in [0, 0.1) is 0 Å². The molecule has 26 heavy (non-hydrogen) atoms. The smallest absolute Gasteiger partial charge is 0.333 e. The molecule has 0 spiro atoms. The number of carbonyl (C=O) groups is 1. The number of fused-ring (bicyclic) bond motifs is 1. The molecular formula is C17H21N5O4. The van der Waals surface area contributed by atoms with Gasteiger partial charge in [0, 0.05) is 24.8 Å². The average molecular weight is 359 g/mol. The summed E-state index contributed by atoms with van der Waals surface area (Å²) in [6.07, 6.45) is 0. The van der Waals surface area contributed by atoms with Crippen LogP contribution in [0.25, 0.3) is 0 Å². The van der Waals surface area contributed by atoms with E-state index in [2.05, 4.69) is 10.4 Å². The average Bonchev–Trinajstić information content (AvgIpc) is 3.02. The van der Waals surface area contributed by atoms with Gasteiger partial charge in [0.25, 0.3) is 0 Å². The molecule has 2 aromatic rings. The van der Waals surface area contributed by atoms with Crippen LogP contribution >= 0.6 is 0 Å². The van der Waals surface area contributed by atoms with Gasteiger partial charge in [0.05, 0.1) is 7.11 Å². The molecule has 1 aliphatic rings. The van der Waals surface area contributed by atoms with E-state index in [1.165, 1.54) is 4.57 Å². The number of amides is 1. The van der Waals surface area contributed by atoms with E-state index in [1.807, 2.05) is 43.0 Å². The van der Waals surface area contributed by atoms with Crippen LogP contribution in [0.4, 0.5) is 11.6 Å². The van der Waals surface area contributed by atoms with Gasteiger partial charge >= 0.3 is 11.1 Å². The number of rotatable bonds is 5. The van der Waals surface area contributed by atoms with Gasteiger partial charge in [-0.3, -0.25) is 19.0 Å². The van der Waals surface area contributed by atoms with Crippen molar-refractivity contribution in [2.75, 3.05) is 18.6 Å². The Balaban J connectivity index is 1.97. The molecule has 0 bridgehead atoms. The van der Waals surface area contributed by atoms with Crippen LogP contribution in [0.5, 0.6) is 5.75 Å². The molecular weight excluding hydrogens is 338 g/mol. The second-order valence-electron chi connectivity index (χ2n) is 6.29. The molecule has 0 radical (unpaired) electrons. The predicted octanol–water partition coefficient (Wildman–Crippen LogP) is 0.0899. The van der Waals surface area contributed by atoms with Gasteiger partial charge < -0.3 is 15.0 Å². The molecule has 1 amide bonds. The number of hydrogen-bond acceptors (Lipinski definition) is 6. The van der Waals surface area contributed by atoms with Crippen molar-refractivity contribution >= 4 is 17.5 Å². The molecule has 9 nitrogen and oxygen atoms in total. The Morgan fingerprint density at radius 2 is 1.88 bits per heavy atom. The minimum Gasteiger partial charge on any atom is -0.497 e. The molecule has 0 atom stereocenters. The Morgan fingerprint density at radius 1 is 1.19 bits per heavy atom. The number of ether oxygens (including phenoxy) is 1. The highest BCUT2D eigenvalue weighted by Gasteiger charge is 2.26. The summed E-state index contributed by atoms with van der Waals surface area (Å²) in [6.45, 7) is 4.21. The third-order valence-electron chi connectivity index (χ3n) is 4.03. The monoisotopic (exact) mass is 359 g/mol. The summed E-state index contributed by atoms with van der Waals surface area (Å²) >= 11 is 0. The number of anilines is 2. The molecule has 3 rings (SSSR count). The van der Waals surface area contributed by atoms with E-state index >= 15 is 0 Å². The van der Waals surface area contributed by atoms with Crippen LogP contribution in [-0.2, 0) is 17.9 Å². The normalized spacial score (nSPS) is 13.0. The van der Waals surface area contributed by atoms with Crippen molar-refractivity contribution in [1.29, 1.82) is 0 Å². The summed E-state index contributed by atoms with van der Waals surface area (Å²) in [6, 6.07) is 7.25. The van der Waals surface area contributed by atoms with Crippen molar-refractivity contribution in [3.63, 3.8) is 0 Å². The quantitative estimate of drug-likeness (QED) is 0.760. The van der Waals surface area contributed by atoms with Gasteiger partial charge in [-0.1, -0.05) is 0 Å². The standard InChI is InChI=1S/C17H21N5O4/c1-11(2)18-14(23)10-22-16(25)15(24)21-9-8-20(17(21)19-22)12-4-6-13(26-3)7-5-12/h4-7,11H,8-10H2,1-3H3,(H,18,23). The second kappa shape index (κ2) is 7.03. The maximum atomic E-state index is 12.4. The Morgan fingerprint density at radius 3 is 2.50 bits per heavy atom. The van der Waals surface area contributed by atoms with E-state index in [4.69, 9.17) is 4.74 Å². The zero-order valence-corrected chi connectivity index (χ0v) is 14.9. The summed E-state index contributed by atoms with van der Waals surface area (Å²) in [5.41, 5.74) is -0.659. The molecule has 0 saturated carbocycles. The van der Waals surface area contributed by atoms with Gasteiger partial charge in [-0.25, -0.2) is 4.68 Å². The van der Waals surface area contributed by atoms with Crippen molar-refractivity contribution < 1.29 is 9.53 Å². The molecule has 1 N–H and O–H groups in total. The molecule has 0 saturated heterocycles. The van der Waals surface area contributed by atoms with Crippen LogP contribution < -0.4 is 26.1 Å². The SMILES string of the molecule is COc1ccc(N2CCn3c2nn(CC(=O)NC(C)C)c(=O)c3=O)cc1. The summed E-state index contributed by atoms with van der Waals surface area (Å²) in [7, 11) is 1.59. The molecule has 0 unspecified atom stereocenters. The van der Waals surface area contributed by atoms with Crippen molar-refractivity contribution in [2.24, 2.45) is 0 Å². The third-order valence-corrected chi connectivity index (χ3v) is 4.03. The first kappa shape index (κ1) is 17.7. The highest BCUT2D eigenvalue weighted by molar-refractivity contribution is 5.75. The van der Waals surface area contributed by atoms with Crippen LogP contribution in [0.3, 0.4) is 0 Å². The number of nitrogens with zero attached hydrogens (tertiary/aromatic N) is 4. The fourth-order valence-electron chi connectivity index (χ4n) is 2.84. The zero-order valence-electron chi connectivity index (χ0n) is 14.9. The van der Waals surface area contributed by atoms with Crippen LogP contribution in [0.1, 0.15) is 13.8 Å². The van der Waals surface area contributed by atoms with E-state index < -0.39 is 11.1 Å². The first-order valence-corrected chi connectivity index (χ1v) is 8.33. The number of methoxy groups -OCH3 is 1. The topological polar surface area (TPSA) is 98.5 Å². The number of aromatic nitrogens is 3. The minimum atomic E-state index is -0.802. The first-order valence-electron chi connectivity index (χ1n) is 8.33. The molecule has 0 aliphatic carbocycles. The van der Waals surface area contributed by atoms with Gasteiger partial charge in [0.1, 0.15) is 12.3 Å². The summed E-state index contributed by atoms with van der Waals surface area (Å²) in [5, 5.41) is 6.95. The van der Waals surface area contributed by atoms with Gasteiger partial charge in [-0.15, -0.1) is 5.10 Å². The molecule has 1 aromatic heterocycles. The molecule has 9 heteroatoms. The number of hydrogen-bond donors (Lipinski definition) is 1. The van der Waals surface area contributed by atoms with E-state index in [-0.39, 0.29) is 18.5 Å². The van der Waals surface area contributed by atoms with Crippen LogP contribution in [-0.4, -0.2) is 40.0 Å². The lowest BCUT2D eigenvalue weighted by molar-refractivity contribution is -0.122. The second-order valence-corrected chi connectivity index (χ2v) is 6.29. The Bertz CT molecular complexity index is 930. The predicted molar refractivity (Wildman–Crippen MR) is 96.0 cm³/mol. The molecule has 138 valence electrons. The van der Waals surface area contributed by atoms with Gasteiger partial charge in [0.2, 0.25) is 11.9 Å². The fourth-order valence-corrected chi connectivity index (χ4v) is 2.84. The van der Waals surface area contributed by atoms with Crippen molar-refractivity contribution in [1.82, 2.24) is 19.7 Å². The Kier molecular flexibility index (Phi) is 4.79. The van der Waals surface area contributed by atoms with Crippen LogP contribution in [0.2, 0.25) is 0 Å². The van der Waals surface area contributed by atoms with E-state index in [9.17, 15) is 14.4 Å². The molecule has 0 fully saturated rings. The van der Waals surface area contributed by atoms with Gasteiger partial charge in [-0.05, 0) is 38.1 Å². The lowest BCUT2D eigenvalue weighted by Gasteiger charge is -2.18. The van der Waals surface area contributed by atoms with Gasteiger partial charge in [0.15, 0.2) is 0 Å². The lowest BCUT2D eigenvalue weighted by Crippen LogP contribution is -2.45. The maximum Gasteiger partial charge on any atom is 0.333 e. The molecule has 1 aromatic carbocycles. The number of benzene rings is 1. The molecule has 1 aliphatic heterocycles. The number of nitrogens with one attached hydrogen (secondary N) is 1. The van der Waals surface area contributed by atoms with Crippen molar-refractivity contribution in [2.45, 2.75) is 33.0 Å². The van der Waals surface area contributed by atoms with Crippen molar-refractivity contribution in [3.8, 4) is 5.75 Å². The summed E-state index contributed by atoms with van der Waals surface area (Å²) < 4.78 is 7.41. The summed E-state index contributed by atoms with van der Waals surface area (Å²) in [5.74, 6) is 0.693. The van der Waals surface area contributed by atoms with Crippen molar-refractivity contribution in [3.05, 3.63) is 45.0 Å². The Labute approximate surface area is 149 Å². The summed E-state index contributed by atoms with van der Waals surface area (Å²) in [4.78, 5) is 38.4. The highest BCUT2D eigenvalue weighted by atomic mass is 16.5. The minimum absolute atomic E-state index is 0.0653. The third kappa shape index (κ3) is 3.32. The lowest BCUT2D eigenvalue weighted by atomic mass is 10.3. The first-order chi connectivity index (χ1) is 12.4. The Hall–Kier alpha value is -3.10. The molecule has 2 heterocycles. The van der Waals surface area contributed by atoms with Gasteiger partial charge in [-0.2, -0.15) is 0 Å².